The molecule has 4 N–H and O–H groups in total. The number of methoxy groups -OCH3 is 2. The van der Waals surface area contributed by atoms with E-state index in [2.05, 4.69) is 9.97 Å². The molecular formula is C13H16N4O2. The molecular weight excluding hydrogens is 244 g/mol. The van der Waals surface area contributed by atoms with E-state index in [4.69, 9.17) is 20.9 Å². The lowest BCUT2D eigenvalue weighted by atomic mass is 10.1. The molecule has 6 nitrogen and oxygen atoms in total. The fraction of sp³-hybridized carbons (Fsp3) is 0.231. The molecule has 0 fully saturated rings. The zero-order valence-corrected chi connectivity index (χ0v) is 10.9. The second-order valence-electron chi connectivity index (χ2n) is 3.87. The van der Waals surface area contributed by atoms with Gasteiger partial charge in [-0.15, -0.1) is 0 Å². The van der Waals surface area contributed by atoms with Gasteiger partial charge in [-0.2, -0.15) is 0 Å². The summed E-state index contributed by atoms with van der Waals surface area (Å²) in [4.78, 5) is 8.50. The lowest BCUT2D eigenvalue weighted by Gasteiger charge is -2.10. The molecule has 19 heavy (non-hydrogen) atoms. The van der Waals surface area contributed by atoms with Crippen LogP contribution >= 0.6 is 0 Å². The predicted octanol–water partition coefficient (Wildman–Crippen LogP) is 1.20. The SMILES string of the molecule is COc1ccc(-c2ncc(CN)c(N)n2)c(OC)c1. The van der Waals surface area contributed by atoms with Gasteiger partial charge >= 0.3 is 0 Å². The first kappa shape index (κ1) is 13.1. The lowest BCUT2D eigenvalue weighted by Crippen LogP contribution is -2.06. The Bertz CT molecular complexity index is 587. The van der Waals surface area contributed by atoms with Crippen molar-refractivity contribution in [3.63, 3.8) is 0 Å². The summed E-state index contributed by atoms with van der Waals surface area (Å²) in [6, 6.07) is 5.41. The number of rotatable bonds is 4. The highest BCUT2D eigenvalue weighted by Crippen LogP contribution is 2.31. The lowest BCUT2D eigenvalue weighted by molar-refractivity contribution is 0.395. The summed E-state index contributed by atoms with van der Waals surface area (Å²) in [5.41, 5.74) is 12.8. The summed E-state index contributed by atoms with van der Waals surface area (Å²) in [6.07, 6.45) is 1.63. The second kappa shape index (κ2) is 5.53. The predicted molar refractivity (Wildman–Crippen MR) is 72.9 cm³/mol. The summed E-state index contributed by atoms with van der Waals surface area (Å²) < 4.78 is 10.5. The largest absolute Gasteiger partial charge is 0.497 e. The Hall–Kier alpha value is -2.34. The Labute approximate surface area is 111 Å². The number of ether oxygens (including phenoxy) is 2. The topological polar surface area (TPSA) is 96.3 Å². The summed E-state index contributed by atoms with van der Waals surface area (Å²) in [6.45, 7) is 0.311. The van der Waals surface area contributed by atoms with Crippen molar-refractivity contribution in [3.05, 3.63) is 30.0 Å². The van der Waals surface area contributed by atoms with Gasteiger partial charge in [0.25, 0.3) is 0 Å². The van der Waals surface area contributed by atoms with Crippen molar-refractivity contribution in [1.82, 2.24) is 9.97 Å². The van der Waals surface area contributed by atoms with Gasteiger partial charge in [-0.05, 0) is 12.1 Å². The van der Waals surface area contributed by atoms with E-state index in [1.807, 2.05) is 12.1 Å². The maximum absolute atomic E-state index is 5.82. The Balaban J connectivity index is 2.49. The van der Waals surface area contributed by atoms with Gasteiger partial charge < -0.3 is 20.9 Å². The highest BCUT2D eigenvalue weighted by Gasteiger charge is 2.11. The van der Waals surface area contributed by atoms with E-state index in [-0.39, 0.29) is 0 Å². The van der Waals surface area contributed by atoms with Gasteiger partial charge in [-0.1, -0.05) is 0 Å². The van der Waals surface area contributed by atoms with Gasteiger partial charge in [0.05, 0.1) is 19.8 Å². The third-order valence-corrected chi connectivity index (χ3v) is 2.77. The van der Waals surface area contributed by atoms with E-state index in [0.29, 0.717) is 29.7 Å². The first-order valence-electron chi connectivity index (χ1n) is 5.73. The van der Waals surface area contributed by atoms with Crippen LogP contribution in [0.1, 0.15) is 5.56 Å². The molecule has 0 radical (unpaired) electrons. The quantitative estimate of drug-likeness (QED) is 0.857. The smallest absolute Gasteiger partial charge is 0.165 e. The van der Waals surface area contributed by atoms with Crippen molar-refractivity contribution < 1.29 is 9.47 Å². The molecule has 2 aromatic rings. The zero-order valence-electron chi connectivity index (χ0n) is 10.9. The van der Waals surface area contributed by atoms with Crippen molar-refractivity contribution in [1.29, 1.82) is 0 Å². The van der Waals surface area contributed by atoms with Gasteiger partial charge in [0, 0.05) is 24.4 Å². The number of nitrogens with zero attached hydrogens (tertiary/aromatic N) is 2. The third-order valence-electron chi connectivity index (χ3n) is 2.77. The van der Waals surface area contributed by atoms with Crippen LogP contribution in [0.4, 0.5) is 5.82 Å². The Kier molecular flexibility index (Phi) is 3.82. The molecule has 2 rings (SSSR count). The number of nitrogen functional groups attached to an aromatic ring is 1. The van der Waals surface area contributed by atoms with Crippen LogP contribution in [0.3, 0.4) is 0 Å². The monoisotopic (exact) mass is 260 g/mol. The van der Waals surface area contributed by atoms with E-state index >= 15 is 0 Å². The van der Waals surface area contributed by atoms with Crippen LogP contribution in [0.25, 0.3) is 11.4 Å². The molecule has 0 aliphatic rings. The number of aromatic nitrogens is 2. The van der Waals surface area contributed by atoms with Crippen LogP contribution in [0.15, 0.2) is 24.4 Å². The average Bonchev–Trinajstić information content (AvgIpc) is 2.46. The highest BCUT2D eigenvalue weighted by atomic mass is 16.5. The molecule has 0 spiro atoms. The maximum Gasteiger partial charge on any atom is 0.165 e. The maximum atomic E-state index is 5.82. The molecule has 100 valence electrons. The van der Waals surface area contributed by atoms with Crippen molar-refractivity contribution in [2.24, 2.45) is 5.73 Å². The van der Waals surface area contributed by atoms with Gasteiger partial charge in [0.1, 0.15) is 17.3 Å². The minimum Gasteiger partial charge on any atom is -0.497 e. The Morgan fingerprint density at radius 1 is 1.21 bits per heavy atom. The molecule has 0 unspecified atom stereocenters. The van der Waals surface area contributed by atoms with Crippen LogP contribution in [0.2, 0.25) is 0 Å². The Morgan fingerprint density at radius 3 is 2.58 bits per heavy atom. The molecule has 1 heterocycles. The third kappa shape index (κ3) is 2.58. The normalized spacial score (nSPS) is 10.3. The summed E-state index contributed by atoms with van der Waals surface area (Å²) in [5.74, 6) is 2.20. The minimum atomic E-state index is 0.311. The van der Waals surface area contributed by atoms with Crippen molar-refractivity contribution in [3.8, 4) is 22.9 Å². The van der Waals surface area contributed by atoms with E-state index in [1.54, 1.807) is 26.5 Å². The molecule has 0 atom stereocenters. The molecule has 1 aromatic heterocycles. The zero-order chi connectivity index (χ0) is 13.8. The number of hydrogen-bond donors (Lipinski definition) is 2. The first-order chi connectivity index (χ1) is 9.19. The van der Waals surface area contributed by atoms with Crippen LogP contribution < -0.4 is 20.9 Å². The van der Waals surface area contributed by atoms with Crippen molar-refractivity contribution >= 4 is 5.82 Å². The molecule has 0 amide bonds. The number of hydrogen-bond acceptors (Lipinski definition) is 6. The summed E-state index contributed by atoms with van der Waals surface area (Å²) >= 11 is 0. The fourth-order valence-corrected chi connectivity index (χ4v) is 1.69. The molecule has 0 bridgehead atoms. The second-order valence-corrected chi connectivity index (χ2v) is 3.87. The number of benzene rings is 1. The van der Waals surface area contributed by atoms with E-state index < -0.39 is 0 Å². The Morgan fingerprint density at radius 2 is 2.00 bits per heavy atom. The number of nitrogens with two attached hydrogens (primary N) is 2. The minimum absolute atomic E-state index is 0.311. The molecule has 0 saturated heterocycles. The molecule has 0 saturated carbocycles. The summed E-state index contributed by atoms with van der Waals surface area (Å²) in [7, 11) is 3.18. The molecule has 1 aromatic carbocycles. The van der Waals surface area contributed by atoms with Crippen LogP contribution in [-0.4, -0.2) is 24.2 Å². The van der Waals surface area contributed by atoms with Crippen LogP contribution in [0.5, 0.6) is 11.5 Å². The average molecular weight is 260 g/mol. The van der Waals surface area contributed by atoms with Crippen LogP contribution in [0, 0.1) is 0 Å². The van der Waals surface area contributed by atoms with Crippen LogP contribution in [-0.2, 0) is 6.54 Å². The van der Waals surface area contributed by atoms with Gasteiger partial charge in [0.2, 0.25) is 0 Å². The number of anilines is 1. The highest BCUT2D eigenvalue weighted by molar-refractivity contribution is 5.67. The van der Waals surface area contributed by atoms with E-state index in [9.17, 15) is 0 Å². The van der Waals surface area contributed by atoms with E-state index in [0.717, 1.165) is 11.1 Å². The molecule has 6 heteroatoms. The fourth-order valence-electron chi connectivity index (χ4n) is 1.69. The molecule has 0 aliphatic heterocycles. The van der Waals surface area contributed by atoms with Crippen molar-refractivity contribution in [2.45, 2.75) is 6.54 Å². The van der Waals surface area contributed by atoms with Crippen molar-refractivity contribution in [2.75, 3.05) is 20.0 Å². The van der Waals surface area contributed by atoms with Gasteiger partial charge in [-0.25, -0.2) is 9.97 Å². The first-order valence-corrected chi connectivity index (χ1v) is 5.73. The van der Waals surface area contributed by atoms with Gasteiger partial charge in [-0.3, -0.25) is 0 Å². The summed E-state index contributed by atoms with van der Waals surface area (Å²) in [5, 5.41) is 0. The molecule has 0 aliphatic carbocycles. The standard InChI is InChI=1S/C13H16N4O2/c1-18-9-3-4-10(11(5-9)19-2)13-16-7-8(6-14)12(15)17-13/h3-5,7H,6,14H2,1-2H3,(H2,15,16,17). The van der Waals surface area contributed by atoms with E-state index in [1.165, 1.54) is 0 Å². The van der Waals surface area contributed by atoms with Gasteiger partial charge in [0.15, 0.2) is 5.82 Å².